The third-order valence-corrected chi connectivity index (χ3v) is 3.35. The van der Waals surface area contributed by atoms with Crippen molar-refractivity contribution >= 4 is 27.7 Å². The lowest BCUT2D eigenvalue weighted by Crippen LogP contribution is -2.36. The summed E-state index contributed by atoms with van der Waals surface area (Å²) in [5.74, 6) is 0.611. The number of carbonyl (C=O) groups excluding carboxylic acids is 2. The van der Waals surface area contributed by atoms with Gasteiger partial charge in [0.2, 0.25) is 5.91 Å². The van der Waals surface area contributed by atoms with Gasteiger partial charge in [-0.1, -0.05) is 0 Å². The lowest BCUT2D eigenvalue weighted by atomic mass is 10.2. The molecule has 0 aromatic heterocycles. The van der Waals surface area contributed by atoms with Crippen molar-refractivity contribution in [2.24, 2.45) is 0 Å². The molecule has 0 aliphatic carbocycles. The van der Waals surface area contributed by atoms with Crippen molar-refractivity contribution in [2.75, 3.05) is 33.9 Å². The number of carbonyl (C=O) groups is 2. The fourth-order valence-corrected chi connectivity index (χ4v) is 2.21. The number of nitrogens with one attached hydrogen (secondary N) is 1. The van der Waals surface area contributed by atoms with E-state index in [2.05, 4.69) is 21.2 Å². The van der Waals surface area contributed by atoms with E-state index in [0.29, 0.717) is 34.7 Å². The number of hydrogen-bond acceptors (Lipinski definition) is 4. The molecule has 0 bridgehead atoms. The standard InChI is InChI=1S/C13H15BrN2O4/c1-16(2)11(17)7-15-13(18)8-5-9(14)12-10(6-8)19-3-4-20-12/h5-6H,3-4,7H2,1-2H3,(H,15,18). The van der Waals surface area contributed by atoms with Crippen LogP contribution in [0.25, 0.3) is 0 Å². The number of likely N-dealkylation sites (N-methyl/N-ethyl adjacent to an activating group) is 1. The number of halogens is 1. The molecule has 6 nitrogen and oxygen atoms in total. The first-order chi connectivity index (χ1) is 9.49. The van der Waals surface area contributed by atoms with Crippen LogP contribution in [0.2, 0.25) is 0 Å². The van der Waals surface area contributed by atoms with Gasteiger partial charge in [-0.05, 0) is 28.1 Å². The van der Waals surface area contributed by atoms with E-state index in [4.69, 9.17) is 9.47 Å². The van der Waals surface area contributed by atoms with Crippen molar-refractivity contribution < 1.29 is 19.1 Å². The highest BCUT2D eigenvalue weighted by Crippen LogP contribution is 2.38. The highest BCUT2D eigenvalue weighted by Gasteiger charge is 2.19. The second kappa shape index (κ2) is 6.13. The Balaban J connectivity index is 2.11. The van der Waals surface area contributed by atoms with Crippen LogP contribution in [0.4, 0.5) is 0 Å². The van der Waals surface area contributed by atoms with Gasteiger partial charge < -0.3 is 19.7 Å². The third-order valence-electron chi connectivity index (χ3n) is 2.76. The first-order valence-corrected chi connectivity index (χ1v) is 6.86. The molecule has 0 saturated carbocycles. The van der Waals surface area contributed by atoms with Gasteiger partial charge in [0.05, 0.1) is 11.0 Å². The Hall–Kier alpha value is -1.76. The van der Waals surface area contributed by atoms with Gasteiger partial charge in [-0.2, -0.15) is 0 Å². The lowest BCUT2D eigenvalue weighted by molar-refractivity contribution is -0.127. The molecule has 1 aliphatic heterocycles. The third kappa shape index (κ3) is 3.22. The average molecular weight is 343 g/mol. The van der Waals surface area contributed by atoms with Crippen LogP contribution in [0.1, 0.15) is 10.4 Å². The number of ether oxygens (including phenoxy) is 2. The highest BCUT2D eigenvalue weighted by atomic mass is 79.9. The van der Waals surface area contributed by atoms with Gasteiger partial charge in [0.15, 0.2) is 11.5 Å². The summed E-state index contributed by atoms with van der Waals surface area (Å²) >= 11 is 3.34. The zero-order valence-corrected chi connectivity index (χ0v) is 12.8. The van der Waals surface area contributed by atoms with Gasteiger partial charge in [0, 0.05) is 19.7 Å². The number of fused-ring (bicyclic) bond motifs is 1. The first kappa shape index (κ1) is 14.6. The molecular weight excluding hydrogens is 328 g/mol. The van der Waals surface area contributed by atoms with Crippen LogP contribution in [0, 0.1) is 0 Å². The van der Waals surface area contributed by atoms with Crippen molar-refractivity contribution in [1.82, 2.24) is 10.2 Å². The summed E-state index contributed by atoms with van der Waals surface area (Å²) in [6.07, 6.45) is 0. The summed E-state index contributed by atoms with van der Waals surface area (Å²) in [5.41, 5.74) is 0.410. The quantitative estimate of drug-likeness (QED) is 0.891. The monoisotopic (exact) mass is 342 g/mol. The Bertz CT molecular complexity index is 545. The van der Waals surface area contributed by atoms with Gasteiger partial charge >= 0.3 is 0 Å². The minimum atomic E-state index is -0.335. The highest BCUT2D eigenvalue weighted by molar-refractivity contribution is 9.10. The normalized spacial score (nSPS) is 12.8. The molecule has 0 saturated heterocycles. The molecule has 108 valence electrons. The number of amides is 2. The van der Waals surface area contributed by atoms with Gasteiger partial charge in [-0.25, -0.2) is 0 Å². The van der Waals surface area contributed by atoms with Gasteiger partial charge in [0.25, 0.3) is 5.91 Å². The predicted octanol–water partition coefficient (Wildman–Crippen LogP) is 1.04. The number of nitrogens with zero attached hydrogens (tertiary/aromatic N) is 1. The predicted molar refractivity (Wildman–Crippen MR) is 76.2 cm³/mol. The van der Waals surface area contributed by atoms with Crippen LogP contribution in [0.3, 0.4) is 0 Å². The Morgan fingerprint density at radius 1 is 1.30 bits per heavy atom. The maximum Gasteiger partial charge on any atom is 0.251 e. The van der Waals surface area contributed by atoms with Crippen LogP contribution in [-0.2, 0) is 4.79 Å². The zero-order chi connectivity index (χ0) is 14.7. The van der Waals surface area contributed by atoms with Crippen molar-refractivity contribution in [1.29, 1.82) is 0 Å². The Labute approximate surface area is 125 Å². The molecule has 0 fully saturated rings. The smallest absolute Gasteiger partial charge is 0.251 e. The maximum atomic E-state index is 12.0. The molecule has 0 spiro atoms. The van der Waals surface area contributed by atoms with E-state index in [1.165, 1.54) is 4.90 Å². The van der Waals surface area contributed by atoms with Gasteiger partial charge in [-0.15, -0.1) is 0 Å². The van der Waals surface area contributed by atoms with E-state index < -0.39 is 0 Å². The summed E-state index contributed by atoms with van der Waals surface area (Å²) in [4.78, 5) is 24.9. The first-order valence-electron chi connectivity index (χ1n) is 6.06. The topological polar surface area (TPSA) is 67.9 Å². The molecule has 1 aromatic carbocycles. The molecule has 1 heterocycles. The lowest BCUT2D eigenvalue weighted by Gasteiger charge is -2.20. The van der Waals surface area contributed by atoms with Crippen LogP contribution in [-0.4, -0.2) is 50.6 Å². The molecule has 20 heavy (non-hydrogen) atoms. The van der Waals surface area contributed by atoms with Crippen LogP contribution < -0.4 is 14.8 Å². The minimum absolute atomic E-state index is 0.0438. The molecule has 0 radical (unpaired) electrons. The second-order valence-electron chi connectivity index (χ2n) is 4.45. The number of benzene rings is 1. The van der Waals surface area contributed by atoms with E-state index in [1.807, 2.05) is 0 Å². The number of rotatable bonds is 3. The molecule has 0 unspecified atom stereocenters. The summed E-state index contributed by atoms with van der Waals surface area (Å²) in [7, 11) is 3.27. The van der Waals surface area contributed by atoms with Crippen molar-refractivity contribution in [3.63, 3.8) is 0 Å². The van der Waals surface area contributed by atoms with Gasteiger partial charge in [-0.3, -0.25) is 9.59 Å². The van der Waals surface area contributed by atoms with E-state index in [-0.39, 0.29) is 18.4 Å². The van der Waals surface area contributed by atoms with E-state index in [0.717, 1.165) is 0 Å². The summed E-state index contributed by atoms with van der Waals surface area (Å²) in [6, 6.07) is 3.25. The van der Waals surface area contributed by atoms with Crippen molar-refractivity contribution in [3.05, 3.63) is 22.2 Å². The van der Waals surface area contributed by atoms with E-state index >= 15 is 0 Å². The van der Waals surface area contributed by atoms with Crippen LogP contribution in [0.15, 0.2) is 16.6 Å². The van der Waals surface area contributed by atoms with E-state index in [9.17, 15) is 9.59 Å². The molecular formula is C13H15BrN2O4. The largest absolute Gasteiger partial charge is 0.486 e. The molecule has 0 atom stereocenters. The summed E-state index contributed by atoms with van der Waals surface area (Å²) in [6.45, 7) is 0.885. The minimum Gasteiger partial charge on any atom is -0.486 e. The molecule has 1 N–H and O–H groups in total. The Morgan fingerprint density at radius 3 is 2.70 bits per heavy atom. The fourth-order valence-electron chi connectivity index (χ4n) is 1.66. The van der Waals surface area contributed by atoms with E-state index in [1.54, 1.807) is 26.2 Å². The molecule has 7 heteroatoms. The average Bonchev–Trinajstić information content (AvgIpc) is 2.44. The zero-order valence-electron chi connectivity index (χ0n) is 11.2. The Morgan fingerprint density at radius 2 is 2.00 bits per heavy atom. The summed E-state index contributed by atoms with van der Waals surface area (Å²) in [5, 5.41) is 2.57. The number of hydrogen-bond donors (Lipinski definition) is 1. The summed E-state index contributed by atoms with van der Waals surface area (Å²) < 4.78 is 11.6. The molecule has 1 aromatic rings. The van der Waals surface area contributed by atoms with Gasteiger partial charge in [0.1, 0.15) is 13.2 Å². The SMILES string of the molecule is CN(C)C(=O)CNC(=O)c1cc(Br)c2c(c1)OCCO2. The van der Waals surface area contributed by atoms with Crippen molar-refractivity contribution in [3.8, 4) is 11.5 Å². The molecule has 2 amide bonds. The molecule has 2 rings (SSSR count). The fraction of sp³-hybridized carbons (Fsp3) is 0.385. The maximum absolute atomic E-state index is 12.0. The second-order valence-corrected chi connectivity index (χ2v) is 5.31. The Kier molecular flexibility index (Phi) is 4.49. The van der Waals surface area contributed by atoms with Crippen molar-refractivity contribution in [2.45, 2.75) is 0 Å². The van der Waals surface area contributed by atoms with Crippen LogP contribution in [0.5, 0.6) is 11.5 Å². The molecule has 1 aliphatic rings. The van der Waals surface area contributed by atoms with Crippen LogP contribution >= 0.6 is 15.9 Å².